The number of hydrogen-bond acceptors (Lipinski definition) is 5. The second kappa shape index (κ2) is 5.20. The Hall–Kier alpha value is -1.98. The summed E-state index contributed by atoms with van der Waals surface area (Å²) in [6.07, 6.45) is 0.935. The van der Waals surface area contributed by atoms with Gasteiger partial charge in [-0.15, -0.1) is 0 Å². The van der Waals surface area contributed by atoms with E-state index in [1.54, 1.807) is 13.8 Å². The normalized spacial score (nSPS) is 11.6. The van der Waals surface area contributed by atoms with Crippen molar-refractivity contribution < 1.29 is 13.9 Å². The Bertz CT molecular complexity index is 418. The minimum atomic E-state index is -0.813. The molecule has 6 heteroatoms. The molecule has 1 aromatic heterocycles. The molecule has 0 saturated heterocycles. The van der Waals surface area contributed by atoms with Gasteiger partial charge in [0, 0.05) is 6.20 Å². The standard InChI is InChI=1S/C10H12FN3O2/c1-6(2)16-10(15)8(14-12)7-4-3-5-13-9(7)11/h3-6H,12H2,1-2H3/b14-8-. The smallest absolute Gasteiger partial charge is 0.359 e. The molecule has 0 spiro atoms. The van der Waals surface area contributed by atoms with Crippen LogP contribution in [0.3, 0.4) is 0 Å². The minimum Gasteiger partial charge on any atom is -0.458 e. The molecular formula is C10H12FN3O2. The number of hydrazone groups is 1. The van der Waals surface area contributed by atoms with Gasteiger partial charge in [0.2, 0.25) is 5.95 Å². The van der Waals surface area contributed by atoms with Gasteiger partial charge in [0.05, 0.1) is 11.7 Å². The highest BCUT2D eigenvalue weighted by atomic mass is 19.1. The van der Waals surface area contributed by atoms with Crippen molar-refractivity contribution in [1.82, 2.24) is 4.98 Å². The zero-order chi connectivity index (χ0) is 12.1. The summed E-state index contributed by atoms with van der Waals surface area (Å²) in [7, 11) is 0. The molecule has 0 radical (unpaired) electrons. The van der Waals surface area contributed by atoms with Crippen LogP contribution < -0.4 is 5.84 Å². The third kappa shape index (κ3) is 2.75. The molecular weight excluding hydrogens is 213 g/mol. The predicted octanol–water partition coefficient (Wildman–Crippen LogP) is 0.835. The van der Waals surface area contributed by atoms with E-state index in [0.29, 0.717) is 0 Å². The summed E-state index contributed by atoms with van der Waals surface area (Å²) < 4.78 is 18.1. The molecule has 2 N–H and O–H groups in total. The van der Waals surface area contributed by atoms with Crippen LogP contribution in [0.25, 0.3) is 0 Å². The lowest BCUT2D eigenvalue weighted by Crippen LogP contribution is -2.24. The lowest BCUT2D eigenvalue weighted by molar-refractivity contribution is -0.139. The number of carbonyl (C=O) groups excluding carboxylic acids is 1. The van der Waals surface area contributed by atoms with Crippen LogP contribution >= 0.6 is 0 Å². The molecule has 0 fully saturated rings. The summed E-state index contributed by atoms with van der Waals surface area (Å²) in [4.78, 5) is 14.9. The van der Waals surface area contributed by atoms with Crippen LogP contribution in [0.4, 0.5) is 4.39 Å². The number of esters is 1. The van der Waals surface area contributed by atoms with Crippen LogP contribution in [-0.4, -0.2) is 22.8 Å². The molecule has 0 bridgehead atoms. The Kier molecular flexibility index (Phi) is 3.93. The van der Waals surface area contributed by atoms with Crippen LogP contribution in [0.5, 0.6) is 0 Å². The van der Waals surface area contributed by atoms with Gasteiger partial charge in [0.15, 0.2) is 5.71 Å². The van der Waals surface area contributed by atoms with Crippen LogP contribution in [0, 0.1) is 5.95 Å². The molecule has 1 aromatic rings. The Morgan fingerprint density at radius 1 is 1.62 bits per heavy atom. The highest BCUT2D eigenvalue weighted by Crippen LogP contribution is 2.07. The van der Waals surface area contributed by atoms with E-state index in [1.165, 1.54) is 18.3 Å². The summed E-state index contributed by atoms with van der Waals surface area (Å²) in [5.74, 6) is 3.46. The number of hydrogen-bond donors (Lipinski definition) is 1. The quantitative estimate of drug-likeness (QED) is 0.272. The number of halogens is 1. The van der Waals surface area contributed by atoms with Crippen LogP contribution in [0.2, 0.25) is 0 Å². The average Bonchev–Trinajstić information content (AvgIpc) is 2.20. The van der Waals surface area contributed by atoms with Crippen LogP contribution in [0.1, 0.15) is 19.4 Å². The fourth-order valence-corrected chi connectivity index (χ4v) is 1.06. The van der Waals surface area contributed by atoms with Gasteiger partial charge >= 0.3 is 5.97 Å². The van der Waals surface area contributed by atoms with Crippen molar-refractivity contribution in [3.63, 3.8) is 0 Å². The fraction of sp³-hybridized carbons (Fsp3) is 0.300. The molecule has 16 heavy (non-hydrogen) atoms. The second-order valence-electron chi connectivity index (χ2n) is 3.27. The first-order chi connectivity index (χ1) is 7.56. The van der Waals surface area contributed by atoms with Crippen LogP contribution in [-0.2, 0) is 9.53 Å². The maximum atomic E-state index is 13.3. The lowest BCUT2D eigenvalue weighted by Gasteiger charge is -2.09. The Balaban J connectivity index is 3.01. The zero-order valence-corrected chi connectivity index (χ0v) is 8.98. The maximum absolute atomic E-state index is 13.3. The molecule has 1 rings (SSSR count). The van der Waals surface area contributed by atoms with E-state index in [2.05, 4.69) is 10.1 Å². The average molecular weight is 225 g/mol. The number of carbonyl (C=O) groups is 1. The topological polar surface area (TPSA) is 77.6 Å². The van der Waals surface area contributed by atoms with Crippen LogP contribution in [0.15, 0.2) is 23.4 Å². The Morgan fingerprint density at radius 2 is 2.31 bits per heavy atom. The molecule has 0 unspecified atom stereocenters. The van der Waals surface area contributed by atoms with Crippen molar-refractivity contribution >= 4 is 11.7 Å². The highest BCUT2D eigenvalue weighted by Gasteiger charge is 2.20. The number of pyridine rings is 1. The Labute approximate surface area is 92.1 Å². The first-order valence-corrected chi connectivity index (χ1v) is 4.66. The molecule has 0 atom stereocenters. The van der Waals surface area contributed by atoms with Gasteiger partial charge in [-0.25, -0.2) is 9.78 Å². The number of nitrogens with zero attached hydrogens (tertiary/aromatic N) is 2. The number of nitrogens with two attached hydrogens (primary N) is 1. The summed E-state index contributed by atoms with van der Waals surface area (Å²) in [5.41, 5.74) is -0.352. The van der Waals surface area contributed by atoms with E-state index < -0.39 is 11.9 Å². The number of ether oxygens (including phenoxy) is 1. The molecule has 5 nitrogen and oxygen atoms in total. The van der Waals surface area contributed by atoms with E-state index in [1.807, 2.05) is 0 Å². The van der Waals surface area contributed by atoms with Crippen molar-refractivity contribution in [1.29, 1.82) is 0 Å². The molecule has 86 valence electrons. The second-order valence-corrected chi connectivity index (χ2v) is 3.27. The van der Waals surface area contributed by atoms with E-state index in [0.717, 1.165) is 0 Å². The van der Waals surface area contributed by atoms with Gasteiger partial charge in [0.25, 0.3) is 0 Å². The highest BCUT2D eigenvalue weighted by molar-refractivity contribution is 6.43. The number of rotatable bonds is 3. The van der Waals surface area contributed by atoms with Gasteiger partial charge in [-0.2, -0.15) is 9.49 Å². The van der Waals surface area contributed by atoms with E-state index in [9.17, 15) is 9.18 Å². The van der Waals surface area contributed by atoms with Crippen molar-refractivity contribution in [2.24, 2.45) is 10.9 Å². The summed E-state index contributed by atoms with van der Waals surface area (Å²) in [6.45, 7) is 3.34. The third-order valence-corrected chi connectivity index (χ3v) is 1.68. The summed E-state index contributed by atoms with van der Waals surface area (Å²) in [6, 6.07) is 2.84. The molecule has 0 aliphatic rings. The maximum Gasteiger partial charge on any atom is 0.359 e. The van der Waals surface area contributed by atoms with Gasteiger partial charge in [-0.3, -0.25) is 0 Å². The lowest BCUT2D eigenvalue weighted by atomic mass is 10.2. The van der Waals surface area contributed by atoms with E-state index in [-0.39, 0.29) is 17.4 Å². The molecule has 0 aromatic carbocycles. The van der Waals surface area contributed by atoms with Crippen molar-refractivity contribution in [3.05, 3.63) is 29.8 Å². The molecule has 0 amide bonds. The third-order valence-electron chi connectivity index (χ3n) is 1.68. The van der Waals surface area contributed by atoms with E-state index in [4.69, 9.17) is 10.6 Å². The molecule has 0 aliphatic carbocycles. The molecule has 0 aliphatic heterocycles. The van der Waals surface area contributed by atoms with Gasteiger partial charge in [-0.1, -0.05) is 0 Å². The first kappa shape index (κ1) is 12.1. The largest absolute Gasteiger partial charge is 0.458 e. The van der Waals surface area contributed by atoms with Crippen molar-refractivity contribution in [2.75, 3.05) is 0 Å². The van der Waals surface area contributed by atoms with Gasteiger partial charge < -0.3 is 10.6 Å². The number of aromatic nitrogens is 1. The fourth-order valence-electron chi connectivity index (χ4n) is 1.06. The predicted molar refractivity (Wildman–Crippen MR) is 56.1 cm³/mol. The van der Waals surface area contributed by atoms with Crippen molar-refractivity contribution in [2.45, 2.75) is 20.0 Å². The van der Waals surface area contributed by atoms with E-state index >= 15 is 0 Å². The molecule has 0 saturated carbocycles. The Morgan fingerprint density at radius 3 is 2.81 bits per heavy atom. The SMILES string of the molecule is CC(C)OC(=O)/C(=N\N)c1cccnc1F. The summed E-state index contributed by atoms with van der Waals surface area (Å²) in [5, 5.41) is 3.23. The van der Waals surface area contributed by atoms with Gasteiger partial charge in [0.1, 0.15) is 0 Å². The monoisotopic (exact) mass is 225 g/mol. The minimum absolute atomic E-state index is 0.0735. The van der Waals surface area contributed by atoms with Crippen molar-refractivity contribution in [3.8, 4) is 0 Å². The summed E-state index contributed by atoms with van der Waals surface area (Å²) >= 11 is 0. The molecule has 1 heterocycles. The zero-order valence-electron chi connectivity index (χ0n) is 8.98. The van der Waals surface area contributed by atoms with Gasteiger partial charge in [-0.05, 0) is 26.0 Å². The first-order valence-electron chi connectivity index (χ1n) is 4.66.